The van der Waals surface area contributed by atoms with Crippen LogP contribution in [-0.2, 0) is 6.42 Å². The van der Waals surface area contributed by atoms with E-state index in [4.69, 9.17) is 11.5 Å². The first-order valence-corrected chi connectivity index (χ1v) is 8.38. The largest absolute Gasteiger partial charge is 0.397 e. The van der Waals surface area contributed by atoms with Crippen LogP contribution in [0.4, 0.5) is 11.4 Å². The van der Waals surface area contributed by atoms with Crippen molar-refractivity contribution in [1.29, 1.82) is 0 Å². The monoisotopic (exact) mass is 276 g/mol. The first-order chi connectivity index (χ1) is 9.74. The Morgan fingerprint density at radius 2 is 1.25 bits per heavy atom. The maximum Gasteiger partial charge on any atom is 0.0550 e. The SMILES string of the molecule is CCCCCCCCCCCCc1ccc(N)c(N)c1. The van der Waals surface area contributed by atoms with Crippen LogP contribution in [0.1, 0.15) is 76.7 Å². The molecule has 114 valence electrons. The van der Waals surface area contributed by atoms with Gasteiger partial charge in [-0.05, 0) is 30.5 Å². The molecule has 1 aromatic carbocycles. The summed E-state index contributed by atoms with van der Waals surface area (Å²) >= 11 is 0. The van der Waals surface area contributed by atoms with Crippen LogP contribution in [0.25, 0.3) is 0 Å². The second-order valence-corrected chi connectivity index (χ2v) is 5.90. The van der Waals surface area contributed by atoms with E-state index in [-0.39, 0.29) is 0 Å². The second-order valence-electron chi connectivity index (χ2n) is 5.90. The summed E-state index contributed by atoms with van der Waals surface area (Å²) in [6, 6.07) is 6.03. The molecule has 4 N–H and O–H groups in total. The van der Waals surface area contributed by atoms with Crippen LogP contribution in [0, 0.1) is 0 Å². The first-order valence-electron chi connectivity index (χ1n) is 8.38. The van der Waals surface area contributed by atoms with Gasteiger partial charge < -0.3 is 11.5 Å². The number of rotatable bonds is 11. The van der Waals surface area contributed by atoms with Gasteiger partial charge in [0.1, 0.15) is 0 Å². The molecular weight excluding hydrogens is 244 g/mol. The van der Waals surface area contributed by atoms with Crippen molar-refractivity contribution < 1.29 is 0 Å². The fourth-order valence-corrected chi connectivity index (χ4v) is 2.60. The molecule has 0 bridgehead atoms. The van der Waals surface area contributed by atoms with E-state index in [2.05, 4.69) is 13.0 Å². The zero-order valence-electron chi connectivity index (χ0n) is 13.2. The minimum atomic E-state index is 0.692. The Balaban J connectivity index is 1.95. The van der Waals surface area contributed by atoms with Crippen molar-refractivity contribution in [3.05, 3.63) is 23.8 Å². The van der Waals surface area contributed by atoms with Crippen LogP contribution in [-0.4, -0.2) is 0 Å². The number of anilines is 2. The van der Waals surface area contributed by atoms with Gasteiger partial charge in [0.15, 0.2) is 0 Å². The van der Waals surface area contributed by atoms with Gasteiger partial charge in [-0.15, -0.1) is 0 Å². The van der Waals surface area contributed by atoms with Crippen molar-refractivity contribution in [2.24, 2.45) is 0 Å². The summed E-state index contributed by atoms with van der Waals surface area (Å²) in [6.07, 6.45) is 14.9. The maximum atomic E-state index is 5.82. The molecule has 0 spiro atoms. The molecular formula is C18H32N2. The Kier molecular flexibility index (Phi) is 8.93. The zero-order chi connectivity index (χ0) is 14.6. The summed E-state index contributed by atoms with van der Waals surface area (Å²) in [5.74, 6) is 0. The van der Waals surface area contributed by atoms with E-state index >= 15 is 0 Å². The van der Waals surface area contributed by atoms with Crippen LogP contribution >= 0.6 is 0 Å². The predicted octanol–water partition coefficient (Wildman–Crippen LogP) is 5.31. The molecule has 0 heterocycles. The van der Waals surface area contributed by atoms with Crippen LogP contribution in [0.15, 0.2) is 18.2 Å². The molecule has 0 amide bonds. The molecule has 0 aliphatic rings. The van der Waals surface area contributed by atoms with Crippen molar-refractivity contribution in [2.75, 3.05) is 11.5 Å². The lowest BCUT2D eigenvalue weighted by Gasteiger charge is -2.05. The summed E-state index contributed by atoms with van der Waals surface area (Å²) in [5.41, 5.74) is 14.3. The minimum Gasteiger partial charge on any atom is -0.397 e. The zero-order valence-corrected chi connectivity index (χ0v) is 13.2. The van der Waals surface area contributed by atoms with E-state index < -0.39 is 0 Å². The van der Waals surface area contributed by atoms with Crippen LogP contribution < -0.4 is 11.5 Å². The van der Waals surface area contributed by atoms with Crippen LogP contribution in [0.3, 0.4) is 0 Å². The minimum absolute atomic E-state index is 0.692. The molecule has 0 atom stereocenters. The standard InChI is InChI=1S/C18H32N2/c1-2-3-4-5-6-7-8-9-10-11-12-16-13-14-17(19)18(20)15-16/h13-15H,2-12,19-20H2,1H3. The van der Waals surface area contributed by atoms with Crippen molar-refractivity contribution in [3.8, 4) is 0 Å². The Bertz CT molecular complexity index is 360. The number of aryl methyl sites for hydroxylation is 1. The summed E-state index contributed by atoms with van der Waals surface area (Å²) in [4.78, 5) is 0. The van der Waals surface area contributed by atoms with Gasteiger partial charge in [-0.2, -0.15) is 0 Å². The van der Waals surface area contributed by atoms with Crippen molar-refractivity contribution in [3.63, 3.8) is 0 Å². The number of benzene rings is 1. The van der Waals surface area contributed by atoms with Crippen molar-refractivity contribution in [2.45, 2.75) is 77.6 Å². The van der Waals surface area contributed by atoms with Crippen LogP contribution in [0.5, 0.6) is 0 Å². The number of unbranched alkanes of at least 4 members (excludes halogenated alkanes) is 9. The highest BCUT2D eigenvalue weighted by Gasteiger charge is 1.98. The lowest BCUT2D eigenvalue weighted by atomic mass is 10.0. The average molecular weight is 276 g/mol. The number of hydrogen-bond acceptors (Lipinski definition) is 2. The van der Waals surface area contributed by atoms with Gasteiger partial charge in [0.2, 0.25) is 0 Å². The van der Waals surface area contributed by atoms with Crippen molar-refractivity contribution >= 4 is 11.4 Å². The molecule has 0 unspecified atom stereocenters. The Morgan fingerprint density at radius 3 is 1.80 bits per heavy atom. The molecule has 0 fully saturated rings. The highest BCUT2D eigenvalue weighted by molar-refractivity contribution is 5.63. The van der Waals surface area contributed by atoms with E-state index in [1.54, 1.807) is 0 Å². The summed E-state index contributed by atoms with van der Waals surface area (Å²) in [7, 11) is 0. The third kappa shape index (κ3) is 7.42. The first kappa shape index (κ1) is 16.9. The maximum absolute atomic E-state index is 5.82. The van der Waals surface area contributed by atoms with Crippen molar-refractivity contribution in [1.82, 2.24) is 0 Å². The van der Waals surface area contributed by atoms with E-state index in [1.807, 2.05) is 12.1 Å². The molecule has 1 rings (SSSR count). The molecule has 0 saturated heterocycles. The molecule has 0 aliphatic carbocycles. The fourth-order valence-electron chi connectivity index (χ4n) is 2.60. The fraction of sp³-hybridized carbons (Fsp3) is 0.667. The quantitative estimate of drug-likeness (QED) is 0.425. The van der Waals surface area contributed by atoms with Gasteiger partial charge in [-0.1, -0.05) is 70.8 Å². The highest BCUT2D eigenvalue weighted by atomic mass is 14.7. The molecule has 0 aromatic heterocycles. The number of nitrogens with two attached hydrogens (primary N) is 2. The second kappa shape index (κ2) is 10.6. The number of nitrogen functional groups attached to an aromatic ring is 2. The summed E-state index contributed by atoms with van der Waals surface area (Å²) in [6.45, 7) is 2.27. The van der Waals surface area contributed by atoms with E-state index in [1.165, 1.54) is 69.8 Å². The van der Waals surface area contributed by atoms with Gasteiger partial charge in [-0.3, -0.25) is 0 Å². The molecule has 0 radical (unpaired) electrons. The third-order valence-electron chi connectivity index (χ3n) is 3.97. The topological polar surface area (TPSA) is 52.0 Å². The molecule has 2 nitrogen and oxygen atoms in total. The predicted molar refractivity (Wildman–Crippen MR) is 90.8 cm³/mol. The Labute approximate surface area is 124 Å². The summed E-state index contributed by atoms with van der Waals surface area (Å²) < 4.78 is 0. The highest BCUT2D eigenvalue weighted by Crippen LogP contribution is 2.18. The van der Waals surface area contributed by atoms with Gasteiger partial charge in [0.05, 0.1) is 11.4 Å². The third-order valence-corrected chi connectivity index (χ3v) is 3.97. The van der Waals surface area contributed by atoms with Gasteiger partial charge >= 0.3 is 0 Å². The van der Waals surface area contributed by atoms with Gasteiger partial charge in [0, 0.05) is 0 Å². The molecule has 2 heteroatoms. The Hall–Kier alpha value is -1.18. The van der Waals surface area contributed by atoms with E-state index in [9.17, 15) is 0 Å². The van der Waals surface area contributed by atoms with Crippen LogP contribution in [0.2, 0.25) is 0 Å². The summed E-state index contributed by atoms with van der Waals surface area (Å²) in [5, 5.41) is 0. The number of hydrogen-bond donors (Lipinski definition) is 2. The smallest absolute Gasteiger partial charge is 0.0550 e. The molecule has 1 aromatic rings. The van der Waals surface area contributed by atoms with Gasteiger partial charge in [0.25, 0.3) is 0 Å². The lowest BCUT2D eigenvalue weighted by molar-refractivity contribution is 0.556. The normalized spacial score (nSPS) is 10.8. The average Bonchev–Trinajstić information content (AvgIpc) is 2.45. The molecule has 0 aliphatic heterocycles. The van der Waals surface area contributed by atoms with Gasteiger partial charge in [-0.25, -0.2) is 0 Å². The lowest BCUT2D eigenvalue weighted by Crippen LogP contribution is -1.96. The molecule has 20 heavy (non-hydrogen) atoms. The molecule has 0 saturated carbocycles. The van der Waals surface area contributed by atoms with E-state index in [0.717, 1.165) is 12.1 Å². The van der Waals surface area contributed by atoms with E-state index in [0.29, 0.717) is 5.69 Å². The Morgan fingerprint density at radius 1 is 0.700 bits per heavy atom.